The standard InChI is InChI=1S/C9H8F2O2/c1-2-6-3-4-7-8(5-6)13-9(10,11)12-7/h3-5H,2H2,1H3. The van der Waals surface area contributed by atoms with E-state index in [2.05, 4.69) is 9.47 Å². The highest BCUT2D eigenvalue weighted by molar-refractivity contribution is 5.45. The van der Waals surface area contributed by atoms with Crippen LogP contribution in [0.1, 0.15) is 12.5 Å². The third-order valence-corrected chi connectivity index (χ3v) is 1.87. The van der Waals surface area contributed by atoms with Gasteiger partial charge < -0.3 is 9.47 Å². The number of alkyl halides is 2. The van der Waals surface area contributed by atoms with Crippen LogP contribution in [0.2, 0.25) is 0 Å². The zero-order valence-electron chi connectivity index (χ0n) is 7.01. The Balaban J connectivity index is 2.36. The fraction of sp³-hybridized carbons (Fsp3) is 0.333. The van der Waals surface area contributed by atoms with Crippen LogP contribution in [0, 0.1) is 0 Å². The lowest BCUT2D eigenvalue weighted by Gasteiger charge is -2.04. The van der Waals surface area contributed by atoms with Crippen molar-refractivity contribution in [2.75, 3.05) is 0 Å². The summed E-state index contributed by atoms with van der Waals surface area (Å²) in [4.78, 5) is 0. The van der Waals surface area contributed by atoms with Gasteiger partial charge in [-0.2, -0.15) is 0 Å². The van der Waals surface area contributed by atoms with Gasteiger partial charge in [-0.25, -0.2) is 0 Å². The number of hydrogen-bond acceptors (Lipinski definition) is 2. The van der Waals surface area contributed by atoms with Gasteiger partial charge in [0.05, 0.1) is 0 Å². The first-order valence-electron chi connectivity index (χ1n) is 3.99. The van der Waals surface area contributed by atoms with Crippen LogP contribution >= 0.6 is 0 Å². The van der Waals surface area contributed by atoms with Crippen LogP contribution in [-0.2, 0) is 6.42 Å². The summed E-state index contributed by atoms with van der Waals surface area (Å²) >= 11 is 0. The van der Waals surface area contributed by atoms with E-state index in [9.17, 15) is 8.78 Å². The molecule has 0 aliphatic carbocycles. The quantitative estimate of drug-likeness (QED) is 0.671. The summed E-state index contributed by atoms with van der Waals surface area (Å²) in [6.45, 7) is 1.94. The number of aryl methyl sites for hydroxylation is 1. The van der Waals surface area contributed by atoms with Crippen molar-refractivity contribution in [3.05, 3.63) is 23.8 Å². The molecule has 2 nitrogen and oxygen atoms in total. The summed E-state index contributed by atoms with van der Waals surface area (Å²) in [5.41, 5.74) is 0.944. The molecule has 0 amide bonds. The molecule has 0 bridgehead atoms. The minimum absolute atomic E-state index is 0.0993. The second-order valence-corrected chi connectivity index (χ2v) is 2.80. The van der Waals surface area contributed by atoms with E-state index in [1.165, 1.54) is 6.07 Å². The van der Waals surface area contributed by atoms with Gasteiger partial charge >= 0.3 is 6.29 Å². The summed E-state index contributed by atoms with van der Waals surface area (Å²) in [5, 5.41) is 0. The van der Waals surface area contributed by atoms with Crippen molar-refractivity contribution in [3.63, 3.8) is 0 Å². The molecule has 1 aliphatic rings. The molecule has 13 heavy (non-hydrogen) atoms. The van der Waals surface area contributed by atoms with E-state index in [0.717, 1.165) is 12.0 Å². The molecule has 2 rings (SSSR count). The second-order valence-electron chi connectivity index (χ2n) is 2.80. The van der Waals surface area contributed by atoms with Crippen molar-refractivity contribution in [2.24, 2.45) is 0 Å². The number of halogens is 2. The maximum Gasteiger partial charge on any atom is 0.586 e. The van der Waals surface area contributed by atoms with E-state index in [1.54, 1.807) is 12.1 Å². The Hall–Kier alpha value is -1.32. The summed E-state index contributed by atoms with van der Waals surface area (Å²) in [6.07, 6.45) is -2.73. The zero-order chi connectivity index (χ0) is 9.47. The summed E-state index contributed by atoms with van der Waals surface area (Å²) in [7, 11) is 0. The molecule has 0 atom stereocenters. The highest BCUT2D eigenvalue weighted by Crippen LogP contribution is 2.41. The van der Waals surface area contributed by atoms with Gasteiger partial charge in [0.2, 0.25) is 0 Å². The van der Waals surface area contributed by atoms with Crippen molar-refractivity contribution in [1.82, 2.24) is 0 Å². The van der Waals surface area contributed by atoms with Crippen LogP contribution in [-0.4, -0.2) is 6.29 Å². The normalized spacial score (nSPS) is 17.5. The van der Waals surface area contributed by atoms with E-state index in [4.69, 9.17) is 0 Å². The fourth-order valence-electron chi connectivity index (χ4n) is 1.21. The third-order valence-electron chi connectivity index (χ3n) is 1.87. The molecule has 0 spiro atoms. The summed E-state index contributed by atoms with van der Waals surface area (Å²) in [6, 6.07) is 4.80. The number of ether oxygens (including phenoxy) is 2. The first kappa shape index (κ1) is 8.29. The van der Waals surface area contributed by atoms with Crippen LogP contribution in [0.15, 0.2) is 18.2 Å². The van der Waals surface area contributed by atoms with E-state index in [-0.39, 0.29) is 11.5 Å². The first-order chi connectivity index (χ1) is 6.11. The number of fused-ring (bicyclic) bond motifs is 1. The Kier molecular flexibility index (Phi) is 1.65. The lowest BCUT2D eigenvalue weighted by Crippen LogP contribution is -2.25. The van der Waals surface area contributed by atoms with Gasteiger partial charge in [-0.1, -0.05) is 13.0 Å². The van der Waals surface area contributed by atoms with Crippen LogP contribution < -0.4 is 9.47 Å². The molecule has 0 unspecified atom stereocenters. The van der Waals surface area contributed by atoms with Gasteiger partial charge in [0, 0.05) is 0 Å². The van der Waals surface area contributed by atoms with E-state index in [1.807, 2.05) is 6.92 Å². The molecule has 1 heterocycles. The van der Waals surface area contributed by atoms with Gasteiger partial charge in [-0.3, -0.25) is 0 Å². The Morgan fingerprint density at radius 2 is 1.92 bits per heavy atom. The van der Waals surface area contributed by atoms with Crippen LogP contribution in [0.25, 0.3) is 0 Å². The first-order valence-corrected chi connectivity index (χ1v) is 3.99. The molecule has 0 saturated heterocycles. The van der Waals surface area contributed by atoms with E-state index < -0.39 is 6.29 Å². The van der Waals surface area contributed by atoms with Crippen molar-refractivity contribution in [3.8, 4) is 11.5 Å². The van der Waals surface area contributed by atoms with Crippen LogP contribution in [0.3, 0.4) is 0 Å². The average Bonchev–Trinajstić information content (AvgIpc) is 2.36. The summed E-state index contributed by atoms with van der Waals surface area (Å²) in [5.74, 6) is 0.214. The Bertz CT molecular complexity index is 336. The Morgan fingerprint density at radius 3 is 2.62 bits per heavy atom. The molecule has 70 valence electrons. The molecule has 0 N–H and O–H groups in total. The Labute approximate surface area is 74.1 Å². The predicted molar refractivity (Wildman–Crippen MR) is 42.0 cm³/mol. The number of hydrogen-bond donors (Lipinski definition) is 0. The van der Waals surface area contributed by atoms with Gasteiger partial charge in [0.25, 0.3) is 0 Å². The molecule has 4 heteroatoms. The largest absolute Gasteiger partial charge is 0.586 e. The minimum Gasteiger partial charge on any atom is -0.395 e. The Morgan fingerprint density at radius 1 is 1.23 bits per heavy atom. The molecule has 1 aromatic carbocycles. The zero-order valence-corrected chi connectivity index (χ0v) is 7.01. The minimum atomic E-state index is -3.51. The second kappa shape index (κ2) is 2.58. The molecule has 0 fully saturated rings. The maximum absolute atomic E-state index is 12.5. The van der Waals surface area contributed by atoms with Crippen LogP contribution in [0.4, 0.5) is 8.78 Å². The van der Waals surface area contributed by atoms with Crippen molar-refractivity contribution >= 4 is 0 Å². The third kappa shape index (κ3) is 1.43. The molecule has 0 aromatic heterocycles. The number of benzene rings is 1. The van der Waals surface area contributed by atoms with Gasteiger partial charge in [0.1, 0.15) is 0 Å². The van der Waals surface area contributed by atoms with Crippen molar-refractivity contribution in [2.45, 2.75) is 19.6 Å². The highest BCUT2D eigenvalue weighted by Gasteiger charge is 2.43. The maximum atomic E-state index is 12.5. The highest BCUT2D eigenvalue weighted by atomic mass is 19.3. The van der Waals surface area contributed by atoms with E-state index >= 15 is 0 Å². The van der Waals surface area contributed by atoms with Gasteiger partial charge in [-0.15, -0.1) is 8.78 Å². The molecule has 1 aromatic rings. The monoisotopic (exact) mass is 186 g/mol. The van der Waals surface area contributed by atoms with Gasteiger partial charge in [0.15, 0.2) is 11.5 Å². The molecule has 1 aliphatic heterocycles. The lowest BCUT2D eigenvalue weighted by atomic mass is 10.1. The number of rotatable bonds is 1. The fourth-order valence-corrected chi connectivity index (χ4v) is 1.21. The smallest absolute Gasteiger partial charge is 0.395 e. The lowest BCUT2D eigenvalue weighted by molar-refractivity contribution is -0.286. The molecular weight excluding hydrogens is 178 g/mol. The average molecular weight is 186 g/mol. The van der Waals surface area contributed by atoms with Gasteiger partial charge in [-0.05, 0) is 24.1 Å². The van der Waals surface area contributed by atoms with Crippen molar-refractivity contribution in [1.29, 1.82) is 0 Å². The molecular formula is C9H8F2O2. The van der Waals surface area contributed by atoms with Crippen LogP contribution in [0.5, 0.6) is 11.5 Å². The predicted octanol–water partition coefficient (Wildman–Crippen LogP) is 2.57. The van der Waals surface area contributed by atoms with E-state index in [0.29, 0.717) is 0 Å². The molecule has 0 saturated carbocycles. The molecule has 0 radical (unpaired) electrons. The van der Waals surface area contributed by atoms with Crippen molar-refractivity contribution < 1.29 is 18.3 Å². The topological polar surface area (TPSA) is 18.5 Å². The summed E-state index contributed by atoms with van der Waals surface area (Å²) < 4.78 is 33.6. The SMILES string of the molecule is CCc1ccc2c(c1)OC(F)(F)O2.